The van der Waals surface area contributed by atoms with Crippen LogP contribution in [0.2, 0.25) is 0 Å². The zero-order valence-electron chi connectivity index (χ0n) is 19.8. The van der Waals surface area contributed by atoms with E-state index in [0.29, 0.717) is 41.3 Å². The van der Waals surface area contributed by atoms with Gasteiger partial charge in [-0.3, -0.25) is 9.59 Å². The highest BCUT2D eigenvalue weighted by Gasteiger charge is 2.38. The van der Waals surface area contributed by atoms with Crippen LogP contribution in [-0.2, 0) is 25.8 Å². The summed E-state index contributed by atoms with van der Waals surface area (Å²) in [5.41, 5.74) is 2.00. The summed E-state index contributed by atoms with van der Waals surface area (Å²) in [6, 6.07) is 14.2. The summed E-state index contributed by atoms with van der Waals surface area (Å²) in [5.74, 6) is 0.359. The Morgan fingerprint density at radius 1 is 0.857 bits per heavy atom. The molecule has 0 unspecified atom stereocenters. The molecule has 2 aromatic rings. The standard InChI is InChI=1S/C27H32N2O5S/c30-26(17-19-3-11-25(12-4-19)35(32,33)18-20-1-2-20)28-22-7-5-21(6-8-22)27(31)29(23-9-10-23)24-13-15-34-16-14-24/h3-8,11-12,20,23-24H,1-2,9-10,13-18H2,(H,28,30). The van der Waals surface area contributed by atoms with Crippen molar-refractivity contribution in [3.63, 3.8) is 0 Å². The molecule has 1 aliphatic heterocycles. The predicted octanol–water partition coefficient (Wildman–Crippen LogP) is 3.84. The molecule has 3 fully saturated rings. The number of carbonyl (C=O) groups excluding carboxylic acids is 2. The van der Waals surface area contributed by atoms with Crippen LogP contribution in [0.1, 0.15) is 54.4 Å². The van der Waals surface area contributed by atoms with E-state index >= 15 is 0 Å². The first-order valence-corrected chi connectivity index (χ1v) is 14.2. The maximum absolute atomic E-state index is 13.2. The Kier molecular flexibility index (Phi) is 6.93. The van der Waals surface area contributed by atoms with Crippen LogP contribution in [0.15, 0.2) is 53.4 Å². The van der Waals surface area contributed by atoms with Crippen molar-refractivity contribution >= 4 is 27.3 Å². The number of rotatable bonds is 9. The van der Waals surface area contributed by atoms with Crippen LogP contribution in [0, 0.1) is 5.92 Å². The number of hydrogen-bond acceptors (Lipinski definition) is 5. The second kappa shape index (κ2) is 10.1. The second-order valence-corrected chi connectivity index (χ2v) is 12.0. The Balaban J connectivity index is 1.17. The third-order valence-corrected chi connectivity index (χ3v) is 8.87. The lowest BCUT2D eigenvalue weighted by Gasteiger charge is -2.34. The summed E-state index contributed by atoms with van der Waals surface area (Å²) < 4.78 is 30.2. The largest absolute Gasteiger partial charge is 0.381 e. The van der Waals surface area contributed by atoms with Gasteiger partial charge in [-0.15, -0.1) is 0 Å². The molecule has 3 aliphatic rings. The average molecular weight is 497 g/mol. The molecular weight excluding hydrogens is 464 g/mol. The van der Waals surface area contributed by atoms with Crippen LogP contribution < -0.4 is 5.32 Å². The lowest BCUT2D eigenvalue weighted by atomic mass is 10.0. The maximum Gasteiger partial charge on any atom is 0.254 e. The number of amides is 2. The molecule has 1 saturated heterocycles. The van der Waals surface area contributed by atoms with Crippen molar-refractivity contribution in [1.29, 1.82) is 0 Å². The molecule has 35 heavy (non-hydrogen) atoms. The third kappa shape index (κ3) is 6.11. The third-order valence-electron chi connectivity index (χ3n) is 6.97. The molecule has 0 aromatic heterocycles. The van der Waals surface area contributed by atoms with Gasteiger partial charge in [0.15, 0.2) is 9.84 Å². The Morgan fingerprint density at radius 3 is 2.09 bits per heavy atom. The fraction of sp³-hybridized carbons (Fsp3) is 0.481. The van der Waals surface area contributed by atoms with Gasteiger partial charge in [0.1, 0.15) is 0 Å². The molecule has 0 radical (unpaired) electrons. The van der Waals surface area contributed by atoms with Crippen LogP contribution in [0.4, 0.5) is 5.69 Å². The van der Waals surface area contributed by atoms with Gasteiger partial charge in [0.25, 0.3) is 5.91 Å². The van der Waals surface area contributed by atoms with E-state index in [1.165, 1.54) is 0 Å². The highest BCUT2D eigenvalue weighted by atomic mass is 32.2. The van der Waals surface area contributed by atoms with Crippen molar-refractivity contribution in [3.05, 3.63) is 59.7 Å². The number of nitrogens with one attached hydrogen (secondary N) is 1. The first-order chi connectivity index (χ1) is 16.9. The molecule has 1 heterocycles. The SMILES string of the molecule is O=C(Cc1ccc(S(=O)(=O)CC2CC2)cc1)Nc1ccc(C(=O)N(C2CCOCC2)C2CC2)cc1. The zero-order chi connectivity index (χ0) is 24.4. The smallest absolute Gasteiger partial charge is 0.254 e. The number of sulfone groups is 1. The first-order valence-electron chi connectivity index (χ1n) is 12.5. The fourth-order valence-electron chi connectivity index (χ4n) is 4.69. The van der Waals surface area contributed by atoms with Crippen molar-refractivity contribution in [1.82, 2.24) is 4.90 Å². The van der Waals surface area contributed by atoms with Gasteiger partial charge in [0.2, 0.25) is 5.91 Å². The summed E-state index contributed by atoms with van der Waals surface area (Å²) in [6.07, 6.45) is 5.99. The molecule has 7 nitrogen and oxygen atoms in total. The molecule has 1 N–H and O–H groups in total. The number of hydrogen-bond donors (Lipinski definition) is 1. The minimum atomic E-state index is -3.25. The molecule has 186 valence electrons. The van der Waals surface area contributed by atoms with E-state index in [2.05, 4.69) is 5.32 Å². The van der Waals surface area contributed by atoms with Crippen molar-refractivity contribution in [2.75, 3.05) is 24.3 Å². The molecule has 0 spiro atoms. The molecule has 2 aliphatic carbocycles. The Bertz CT molecular complexity index is 1160. The van der Waals surface area contributed by atoms with Crippen LogP contribution in [-0.4, -0.2) is 56.2 Å². The quantitative estimate of drug-likeness (QED) is 0.570. The highest BCUT2D eigenvalue weighted by molar-refractivity contribution is 7.91. The fourth-order valence-corrected chi connectivity index (χ4v) is 6.38. The van der Waals surface area contributed by atoms with Gasteiger partial charge < -0.3 is 15.0 Å². The summed E-state index contributed by atoms with van der Waals surface area (Å²) >= 11 is 0. The Labute approximate surface area is 206 Å². The van der Waals surface area contributed by atoms with E-state index in [-0.39, 0.29) is 30.0 Å². The number of nitrogens with zero attached hydrogens (tertiary/aromatic N) is 1. The van der Waals surface area contributed by atoms with Crippen molar-refractivity contribution in [2.45, 2.75) is 61.9 Å². The molecule has 0 bridgehead atoms. The monoisotopic (exact) mass is 496 g/mol. The van der Waals surface area contributed by atoms with E-state index in [1.54, 1.807) is 48.5 Å². The van der Waals surface area contributed by atoms with E-state index < -0.39 is 9.84 Å². The summed E-state index contributed by atoms with van der Waals surface area (Å²) in [7, 11) is -3.25. The Hall–Kier alpha value is -2.71. The summed E-state index contributed by atoms with van der Waals surface area (Å²) in [5, 5.41) is 2.86. The highest BCUT2D eigenvalue weighted by Crippen LogP contribution is 2.33. The van der Waals surface area contributed by atoms with Crippen molar-refractivity contribution in [2.24, 2.45) is 5.92 Å². The lowest BCUT2D eigenvalue weighted by Crippen LogP contribution is -2.44. The van der Waals surface area contributed by atoms with E-state index in [4.69, 9.17) is 4.74 Å². The number of anilines is 1. The minimum absolute atomic E-state index is 0.0500. The van der Waals surface area contributed by atoms with E-state index in [0.717, 1.165) is 44.1 Å². The van der Waals surface area contributed by atoms with Crippen LogP contribution in [0.5, 0.6) is 0 Å². The van der Waals surface area contributed by atoms with E-state index in [9.17, 15) is 18.0 Å². The normalized spacial score (nSPS) is 18.7. The second-order valence-electron chi connectivity index (χ2n) is 9.96. The Morgan fingerprint density at radius 2 is 1.49 bits per heavy atom. The predicted molar refractivity (Wildman–Crippen MR) is 133 cm³/mol. The van der Waals surface area contributed by atoms with Gasteiger partial charge in [0, 0.05) is 36.5 Å². The van der Waals surface area contributed by atoms with Gasteiger partial charge in [-0.2, -0.15) is 0 Å². The molecule has 8 heteroatoms. The number of carbonyl (C=O) groups is 2. The number of benzene rings is 2. The first kappa shape index (κ1) is 24.0. The molecule has 2 amide bonds. The minimum Gasteiger partial charge on any atom is -0.381 e. The van der Waals surface area contributed by atoms with Gasteiger partial charge in [-0.05, 0) is 86.4 Å². The lowest BCUT2D eigenvalue weighted by molar-refractivity contribution is -0.115. The molecule has 2 saturated carbocycles. The van der Waals surface area contributed by atoms with Crippen LogP contribution in [0.25, 0.3) is 0 Å². The summed E-state index contributed by atoms with van der Waals surface area (Å²) in [6.45, 7) is 1.40. The average Bonchev–Trinajstić information content (AvgIpc) is 3.78. The number of ether oxygens (including phenoxy) is 1. The van der Waals surface area contributed by atoms with Crippen molar-refractivity contribution < 1.29 is 22.7 Å². The molecule has 2 aromatic carbocycles. The van der Waals surface area contributed by atoms with Crippen LogP contribution >= 0.6 is 0 Å². The van der Waals surface area contributed by atoms with Gasteiger partial charge in [-0.1, -0.05) is 12.1 Å². The van der Waals surface area contributed by atoms with Gasteiger partial charge >= 0.3 is 0 Å². The van der Waals surface area contributed by atoms with Crippen molar-refractivity contribution in [3.8, 4) is 0 Å². The van der Waals surface area contributed by atoms with Gasteiger partial charge in [-0.25, -0.2) is 8.42 Å². The molecule has 0 atom stereocenters. The zero-order valence-corrected chi connectivity index (χ0v) is 20.6. The summed E-state index contributed by atoms with van der Waals surface area (Å²) in [4.78, 5) is 28.1. The van der Waals surface area contributed by atoms with Gasteiger partial charge in [0.05, 0.1) is 17.1 Å². The topological polar surface area (TPSA) is 92.8 Å². The molecular formula is C27H32N2O5S. The maximum atomic E-state index is 13.2. The van der Waals surface area contributed by atoms with E-state index in [1.807, 2.05) is 4.90 Å². The molecule has 5 rings (SSSR count). The van der Waals surface area contributed by atoms with Crippen LogP contribution in [0.3, 0.4) is 0 Å².